The first-order chi connectivity index (χ1) is 15.1. The van der Waals surface area contributed by atoms with Crippen molar-refractivity contribution in [3.05, 3.63) is 54.1 Å². The van der Waals surface area contributed by atoms with E-state index in [9.17, 15) is 4.79 Å². The predicted molar refractivity (Wildman–Crippen MR) is 126 cm³/mol. The second-order valence-electron chi connectivity index (χ2n) is 7.20. The molecule has 164 valence electrons. The zero-order valence-corrected chi connectivity index (χ0v) is 19.5. The molecule has 0 saturated heterocycles. The Morgan fingerprint density at radius 1 is 1.06 bits per heavy atom. The van der Waals surface area contributed by atoms with Crippen molar-refractivity contribution in [1.29, 1.82) is 0 Å². The topological polar surface area (TPSA) is 60.2 Å². The monoisotopic (exact) mass is 438 g/mol. The number of ether oxygens (including phenoxy) is 1. The van der Waals surface area contributed by atoms with Gasteiger partial charge in [-0.2, -0.15) is 0 Å². The maximum absolute atomic E-state index is 12.3. The van der Waals surface area contributed by atoms with E-state index in [2.05, 4.69) is 41.4 Å². The number of aromatic nitrogens is 3. The summed E-state index contributed by atoms with van der Waals surface area (Å²) in [5.41, 5.74) is 3.08. The quantitative estimate of drug-likeness (QED) is 0.330. The normalized spacial score (nSPS) is 10.8. The van der Waals surface area contributed by atoms with E-state index in [-0.39, 0.29) is 5.91 Å². The minimum absolute atomic E-state index is 0.206. The number of hydrogen-bond acceptors (Lipinski definition) is 5. The minimum Gasteiger partial charge on any atom is -0.495 e. The molecule has 0 spiro atoms. The Morgan fingerprint density at radius 2 is 1.77 bits per heavy atom. The summed E-state index contributed by atoms with van der Waals surface area (Å²) in [5, 5.41) is 9.76. The Labute approximate surface area is 188 Å². The van der Waals surface area contributed by atoms with Gasteiger partial charge in [-0.15, -0.1) is 10.2 Å². The van der Waals surface area contributed by atoms with Crippen molar-refractivity contribution in [2.75, 3.05) is 26.0 Å². The van der Waals surface area contributed by atoms with Crippen molar-refractivity contribution in [2.24, 2.45) is 0 Å². The maximum atomic E-state index is 12.3. The van der Waals surface area contributed by atoms with Crippen LogP contribution in [0.25, 0.3) is 17.1 Å². The lowest BCUT2D eigenvalue weighted by Gasteiger charge is -2.18. The van der Waals surface area contributed by atoms with Crippen LogP contribution in [0.4, 0.5) is 0 Å². The number of benzene rings is 2. The van der Waals surface area contributed by atoms with Crippen molar-refractivity contribution in [3.8, 4) is 22.8 Å². The van der Waals surface area contributed by atoms with E-state index in [1.54, 1.807) is 18.9 Å². The van der Waals surface area contributed by atoms with Gasteiger partial charge in [0, 0.05) is 30.8 Å². The molecule has 2 aromatic carbocycles. The third kappa shape index (κ3) is 5.47. The van der Waals surface area contributed by atoms with Gasteiger partial charge in [-0.1, -0.05) is 53.7 Å². The maximum Gasteiger partial charge on any atom is 0.222 e. The summed E-state index contributed by atoms with van der Waals surface area (Å²) in [4.78, 5) is 14.1. The number of hydrogen-bond donors (Lipinski definition) is 0. The van der Waals surface area contributed by atoms with E-state index in [0.717, 1.165) is 53.2 Å². The van der Waals surface area contributed by atoms with Crippen LogP contribution in [0.3, 0.4) is 0 Å². The zero-order chi connectivity index (χ0) is 22.2. The van der Waals surface area contributed by atoms with Gasteiger partial charge in [0.1, 0.15) is 5.75 Å². The van der Waals surface area contributed by atoms with Crippen molar-refractivity contribution in [2.45, 2.75) is 38.8 Å². The van der Waals surface area contributed by atoms with Gasteiger partial charge in [-0.25, -0.2) is 0 Å². The highest BCUT2D eigenvalue weighted by Gasteiger charge is 2.19. The van der Waals surface area contributed by atoms with Crippen LogP contribution in [0.5, 0.6) is 5.75 Å². The van der Waals surface area contributed by atoms with E-state index >= 15 is 0 Å². The van der Waals surface area contributed by atoms with Crippen molar-refractivity contribution < 1.29 is 9.53 Å². The number of carbonyl (C=O) groups excluding carboxylic acids is 1. The van der Waals surface area contributed by atoms with Crippen LogP contribution in [0.15, 0.2) is 53.7 Å². The van der Waals surface area contributed by atoms with Gasteiger partial charge in [0.2, 0.25) is 5.91 Å². The van der Waals surface area contributed by atoms with Gasteiger partial charge < -0.3 is 9.64 Å². The summed E-state index contributed by atoms with van der Waals surface area (Å²) in [5.74, 6) is 2.52. The fourth-order valence-corrected chi connectivity index (χ4v) is 4.29. The van der Waals surface area contributed by atoms with Crippen LogP contribution in [0.1, 0.15) is 32.3 Å². The molecule has 6 nitrogen and oxygen atoms in total. The van der Waals surface area contributed by atoms with Crippen LogP contribution in [0, 0.1) is 6.92 Å². The lowest BCUT2D eigenvalue weighted by Crippen LogP contribution is -2.30. The third-order valence-corrected chi connectivity index (χ3v) is 6.17. The largest absolute Gasteiger partial charge is 0.495 e. The molecule has 1 amide bonds. The molecule has 3 rings (SSSR count). The molecule has 0 N–H and O–H groups in total. The summed E-state index contributed by atoms with van der Waals surface area (Å²) in [7, 11) is 1.67. The van der Waals surface area contributed by atoms with E-state index in [1.165, 1.54) is 5.56 Å². The van der Waals surface area contributed by atoms with Crippen molar-refractivity contribution in [3.63, 3.8) is 0 Å². The van der Waals surface area contributed by atoms with E-state index in [4.69, 9.17) is 4.74 Å². The second kappa shape index (κ2) is 11.0. The number of carbonyl (C=O) groups is 1. The molecule has 1 aromatic heterocycles. The van der Waals surface area contributed by atoms with Crippen LogP contribution < -0.4 is 4.74 Å². The second-order valence-corrected chi connectivity index (χ2v) is 8.26. The van der Waals surface area contributed by atoms with Crippen molar-refractivity contribution in [1.82, 2.24) is 19.7 Å². The summed E-state index contributed by atoms with van der Waals surface area (Å²) in [6, 6.07) is 16.1. The molecule has 3 aromatic rings. The highest BCUT2D eigenvalue weighted by Crippen LogP contribution is 2.32. The molecule has 0 aliphatic rings. The van der Waals surface area contributed by atoms with Gasteiger partial charge in [0.05, 0.1) is 12.8 Å². The number of amides is 1. The minimum atomic E-state index is 0.206. The molecule has 0 fully saturated rings. The molecular formula is C24H30N4O2S. The van der Waals surface area contributed by atoms with Crippen LogP contribution in [0.2, 0.25) is 0 Å². The Kier molecular flexibility index (Phi) is 8.12. The summed E-state index contributed by atoms with van der Waals surface area (Å²) >= 11 is 1.61. The number of methoxy groups -OCH3 is 1. The third-order valence-electron chi connectivity index (χ3n) is 5.15. The van der Waals surface area contributed by atoms with Crippen LogP contribution >= 0.6 is 11.8 Å². The molecular weight excluding hydrogens is 408 g/mol. The number of para-hydroxylation sites is 2. The lowest BCUT2D eigenvalue weighted by molar-refractivity contribution is -0.130. The molecule has 31 heavy (non-hydrogen) atoms. The fraction of sp³-hybridized carbons (Fsp3) is 0.375. The Balaban J connectivity index is 1.85. The highest BCUT2D eigenvalue weighted by molar-refractivity contribution is 7.99. The van der Waals surface area contributed by atoms with Gasteiger partial charge >= 0.3 is 0 Å². The SMILES string of the molecule is CCN(CC)C(=O)CCCSc1nnc(-c2ccc(C)cc2)n1-c1ccccc1OC. The first-order valence-electron chi connectivity index (χ1n) is 10.6. The number of aryl methyl sites for hydroxylation is 1. The average molecular weight is 439 g/mol. The fourth-order valence-electron chi connectivity index (χ4n) is 3.41. The number of thioether (sulfide) groups is 1. The van der Waals surface area contributed by atoms with Gasteiger partial charge in [-0.05, 0) is 39.3 Å². The first-order valence-corrected chi connectivity index (χ1v) is 11.6. The molecule has 7 heteroatoms. The predicted octanol–water partition coefficient (Wildman–Crippen LogP) is 4.99. The summed E-state index contributed by atoms with van der Waals surface area (Å²) in [6.07, 6.45) is 1.33. The molecule has 1 heterocycles. The molecule has 0 saturated carbocycles. The molecule has 0 atom stereocenters. The summed E-state index contributed by atoms with van der Waals surface area (Å²) < 4.78 is 7.65. The Hall–Kier alpha value is -2.80. The summed E-state index contributed by atoms with van der Waals surface area (Å²) in [6.45, 7) is 7.60. The number of rotatable bonds is 10. The molecule has 0 aliphatic carbocycles. The number of nitrogens with zero attached hydrogens (tertiary/aromatic N) is 4. The van der Waals surface area contributed by atoms with Crippen molar-refractivity contribution >= 4 is 17.7 Å². The smallest absolute Gasteiger partial charge is 0.222 e. The van der Waals surface area contributed by atoms with E-state index in [0.29, 0.717) is 6.42 Å². The lowest BCUT2D eigenvalue weighted by atomic mass is 10.1. The Bertz CT molecular complexity index is 997. The van der Waals surface area contributed by atoms with E-state index in [1.807, 2.05) is 47.6 Å². The van der Waals surface area contributed by atoms with E-state index < -0.39 is 0 Å². The molecule has 0 bridgehead atoms. The van der Waals surface area contributed by atoms with Crippen LogP contribution in [-0.4, -0.2) is 51.5 Å². The molecule has 0 aliphatic heterocycles. The van der Waals surface area contributed by atoms with Gasteiger partial charge in [0.25, 0.3) is 0 Å². The highest BCUT2D eigenvalue weighted by atomic mass is 32.2. The molecule has 0 radical (unpaired) electrons. The van der Waals surface area contributed by atoms with Gasteiger partial charge in [0.15, 0.2) is 11.0 Å². The first kappa shape index (κ1) is 22.9. The standard InChI is InChI=1S/C24H30N4O2S/c1-5-27(6-2)22(29)12-9-17-31-24-26-25-23(19-15-13-18(3)14-16-19)28(24)20-10-7-8-11-21(20)30-4/h7-8,10-11,13-16H,5-6,9,12,17H2,1-4H3. The zero-order valence-electron chi connectivity index (χ0n) is 18.7. The Morgan fingerprint density at radius 3 is 2.45 bits per heavy atom. The van der Waals surface area contributed by atoms with Crippen LogP contribution in [-0.2, 0) is 4.79 Å². The average Bonchev–Trinajstić information content (AvgIpc) is 3.21. The molecule has 0 unspecified atom stereocenters. The van der Waals surface area contributed by atoms with Gasteiger partial charge in [-0.3, -0.25) is 9.36 Å².